The van der Waals surface area contributed by atoms with Gasteiger partial charge in [-0.2, -0.15) is 0 Å². The predicted molar refractivity (Wildman–Crippen MR) is 116 cm³/mol. The Balaban J connectivity index is 1.55. The molecule has 30 heavy (non-hydrogen) atoms. The van der Waals surface area contributed by atoms with Crippen LogP contribution in [0.15, 0.2) is 24.3 Å². The Morgan fingerprint density at radius 1 is 1.10 bits per heavy atom. The second-order valence-electron chi connectivity index (χ2n) is 9.16. The van der Waals surface area contributed by atoms with E-state index < -0.39 is 5.60 Å². The number of carbonyl (C=O) groups is 2. The van der Waals surface area contributed by atoms with E-state index in [9.17, 15) is 9.59 Å². The van der Waals surface area contributed by atoms with Crippen LogP contribution in [0.3, 0.4) is 0 Å². The summed E-state index contributed by atoms with van der Waals surface area (Å²) in [6, 6.07) is 8.29. The van der Waals surface area contributed by atoms with Gasteiger partial charge in [0.05, 0.1) is 13.2 Å². The van der Waals surface area contributed by atoms with Crippen LogP contribution in [0, 0.1) is 5.92 Å². The number of likely N-dealkylation sites (tertiary alicyclic amines) is 1. The minimum atomic E-state index is -0.502. The Labute approximate surface area is 179 Å². The van der Waals surface area contributed by atoms with Crippen molar-refractivity contribution in [2.75, 3.05) is 51.3 Å². The number of rotatable bonds is 4. The second kappa shape index (κ2) is 9.69. The average molecular weight is 418 g/mol. The van der Waals surface area contributed by atoms with Crippen molar-refractivity contribution in [3.05, 3.63) is 29.8 Å². The molecule has 2 saturated heterocycles. The summed E-state index contributed by atoms with van der Waals surface area (Å²) in [6.45, 7) is 10.5. The van der Waals surface area contributed by atoms with Crippen molar-refractivity contribution in [2.45, 2.75) is 45.8 Å². The maximum Gasteiger partial charge on any atom is 0.410 e. The minimum Gasteiger partial charge on any atom is -0.444 e. The van der Waals surface area contributed by atoms with Gasteiger partial charge in [-0.1, -0.05) is 18.2 Å². The monoisotopic (exact) mass is 417 g/mol. The minimum absolute atomic E-state index is 0.0516. The van der Waals surface area contributed by atoms with E-state index in [0.717, 1.165) is 31.9 Å². The Morgan fingerprint density at radius 2 is 1.73 bits per heavy atom. The van der Waals surface area contributed by atoms with Crippen LogP contribution in [0.25, 0.3) is 0 Å². The lowest BCUT2D eigenvalue weighted by Crippen LogP contribution is -2.45. The van der Waals surface area contributed by atoms with Crippen LogP contribution in [0.4, 0.5) is 10.5 Å². The Kier molecular flexibility index (Phi) is 7.23. The lowest BCUT2D eigenvalue weighted by atomic mass is 9.95. The zero-order valence-electron chi connectivity index (χ0n) is 18.7. The first-order valence-corrected chi connectivity index (χ1v) is 10.9. The number of piperidine rings is 1. The smallest absolute Gasteiger partial charge is 0.410 e. The van der Waals surface area contributed by atoms with Crippen LogP contribution in [-0.2, 0) is 20.8 Å². The first-order valence-electron chi connectivity index (χ1n) is 10.9. The fourth-order valence-electron chi connectivity index (χ4n) is 4.04. The predicted octanol–water partition coefficient (Wildman–Crippen LogP) is 3.13. The molecule has 2 aliphatic heterocycles. The van der Waals surface area contributed by atoms with Crippen LogP contribution in [0.2, 0.25) is 0 Å². The molecule has 0 saturated carbocycles. The highest BCUT2D eigenvalue weighted by Gasteiger charge is 2.31. The standard InChI is InChI=1S/C23H35N3O4/c1-23(2,3)30-22(28)26-11-9-18(10-12-26)21(27)24(4)17-19-7-5-6-8-20(19)25-13-15-29-16-14-25/h5-8,18H,9-17H2,1-4H3. The number of ether oxygens (including phenoxy) is 2. The number of morpholine rings is 1. The summed E-state index contributed by atoms with van der Waals surface area (Å²) in [5.41, 5.74) is 1.83. The summed E-state index contributed by atoms with van der Waals surface area (Å²) in [4.78, 5) is 31.2. The molecule has 2 amide bonds. The van der Waals surface area contributed by atoms with Gasteiger partial charge < -0.3 is 24.2 Å². The summed E-state index contributed by atoms with van der Waals surface area (Å²) < 4.78 is 10.9. The van der Waals surface area contributed by atoms with Gasteiger partial charge in [-0.15, -0.1) is 0 Å². The van der Waals surface area contributed by atoms with E-state index in [1.807, 2.05) is 44.9 Å². The lowest BCUT2D eigenvalue weighted by molar-refractivity contribution is -0.136. The molecule has 1 aromatic rings. The van der Waals surface area contributed by atoms with Gasteiger partial charge in [-0.3, -0.25) is 4.79 Å². The zero-order chi connectivity index (χ0) is 21.7. The van der Waals surface area contributed by atoms with Crippen molar-refractivity contribution < 1.29 is 19.1 Å². The van der Waals surface area contributed by atoms with Crippen molar-refractivity contribution >= 4 is 17.7 Å². The van der Waals surface area contributed by atoms with Crippen molar-refractivity contribution in [2.24, 2.45) is 5.92 Å². The summed E-state index contributed by atoms with van der Waals surface area (Å²) in [7, 11) is 1.87. The van der Waals surface area contributed by atoms with E-state index in [-0.39, 0.29) is 17.9 Å². The molecular formula is C23H35N3O4. The van der Waals surface area contributed by atoms with Gasteiger partial charge in [0, 0.05) is 51.4 Å². The number of hydrogen-bond donors (Lipinski definition) is 0. The highest BCUT2D eigenvalue weighted by Crippen LogP contribution is 2.25. The molecule has 7 nitrogen and oxygen atoms in total. The van der Waals surface area contributed by atoms with E-state index in [0.29, 0.717) is 32.5 Å². The fourth-order valence-corrected chi connectivity index (χ4v) is 4.04. The van der Waals surface area contributed by atoms with Crippen LogP contribution >= 0.6 is 0 Å². The Morgan fingerprint density at radius 3 is 2.37 bits per heavy atom. The summed E-state index contributed by atoms with van der Waals surface area (Å²) in [6.07, 6.45) is 1.06. The normalized spacial score (nSPS) is 18.3. The van der Waals surface area contributed by atoms with E-state index >= 15 is 0 Å². The van der Waals surface area contributed by atoms with Crippen LogP contribution in [-0.4, -0.2) is 73.8 Å². The van der Waals surface area contributed by atoms with E-state index in [1.165, 1.54) is 5.69 Å². The van der Waals surface area contributed by atoms with Crippen molar-refractivity contribution in [3.63, 3.8) is 0 Å². The second-order valence-corrected chi connectivity index (χ2v) is 9.16. The van der Waals surface area contributed by atoms with Gasteiger partial charge in [0.25, 0.3) is 0 Å². The largest absolute Gasteiger partial charge is 0.444 e. The number of hydrogen-bond acceptors (Lipinski definition) is 5. The van der Waals surface area contributed by atoms with Crippen molar-refractivity contribution in [3.8, 4) is 0 Å². The Bertz CT molecular complexity index is 732. The van der Waals surface area contributed by atoms with Crippen LogP contribution < -0.4 is 4.90 Å². The number of benzene rings is 1. The molecule has 7 heteroatoms. The molecule has 0 radical (unpaired) electrons. The molecular weight excluding hydrogens is 382 g/mol. The lowest BCUT2D eigenvalue weighted by Gasteiger charge is -2.35. The van der Waals surface area contributed by atoms with E-state index in [4.69, 9.17) is 9.47 Å². The maximum atomic E-state index is 13.1. The third-order valence-electron chi connectivity index (χ3n) is 5.62. The third kappa shape index (κ3) is 5.88. The summed E-state index contributed by atoms with van der Waals surface area (Å²) in [5, 5.41) is 0. The number of para-hydroxylation sites is 1. The summed E-state index contributed by atoms with van der Waals surface area (Å²) >= 11 is 0. The molecule has 0 atom stereocenters. The van der Waals surface area contributed by atoms with Gasteiger partial charge in [-0.25, -0.2) is 4.79 Å². The molecule has 3 rings (SSSR count). The molecule has 0 bridgehead atoms. The molecule has 0 unspecified atom stereocenters. The molecule has 2 fully saturated rings. The number of amides is 2. The highest BCUT2D eigenvalue weighted by molar-refractivity contribution is 5.79. The van der Waals surface area contributed by atoms with Gasteiger partial charge in [0.2, 0.25) is 5.91 Å². The van der Waals surface area contributed by atoms with Gasteiger partial charge >= 0.3 is 6.09 Å². The first-order chi connectivity index (χ1) is 14.2. The highest BCUT2D eigenvalue weighted by atomic mass is 16.6. The van der Waals surface area contributed by atoms with Gasteiger partial charge in [0.1, 0.15) is 5.60 Å². The number of nitrogens with zero attached hydrogens (tertiary/aromatic N) is 3. The topological polar surface area (TPSA) is 62.3 Å². The maximum absolute atomic E-state index is 13.1. The van der Waals surface area contributed by atoms with Gasteiger partial charge in [-0.05, 0) is 45.2 Å². The average Bonchev–Trinajstić information content (AvgIpc) is 2.73. The van der Waals surface area contributed by atoms with Crippen molar-refractivity contribution in [1.29, 1.82) is 0 Å². The quantitative estimate of drug-likeness (QED) is 0.753. The van der Waals surface area contributed by atoms with E-state index in [1.54, 1.807) is 4.90 Å². The third-order valence-corrected chi connectivity index (χ3v) is 5.62. The fraction of sp³-hybridized carbons (Fsp3) is 0.652. The molecule has 1 aromatic carbocycles. The number of anilines is 1. The molecule has 2 aliphatic rings. The first kappa shape index (κ1) is 22.4. The van der Waals surface area contributed by atoms with Crippen molar-refractivity contribution in [1.82, 2.24) is 9.80 Å². The van der Waals surface area contributed by atoms with E-state index in [2.05, 4.69) is 17.0 Å². The molecule has 0 aromatic heterocycles. The SMILES string of the molecule is CN(Cc1ccccc1N1CCOCC1)C(=O)C1CCN(C(=O)OC(C)(C)C)CC1. The Hall–Kier alpha value is -2.28. The molecule has 166 valence electrons. The molecule has 0 aliphatic carbocycles. The van der Waals surface area contributed by atoms with Crippen LogP contribution in [0.1, 0.15) is 39.2 Å². The zero-order valence-corrected chi connectivity index (χ0v) is 18.7. The van der Waals surface area contributed by atoms with Crippen LogP contribution in [0.5, 0.6) is 0 Å². The molecule has 0 spiro atoms. The summed E-state index contributed by atoms with van der Waals surface area (Å²) in [5.74, 6) is 0.0971. The molecule has 0 N–H and O–H groups in total. The molecule has 2 heterocycles. The van der Waals surface area contributed by atoms with Gasteiger partial charge in [0.15, 0.2) is 0 Å². The number of carbonyl (C=O) groups excluding carboxylic acids is 2.